The van der Waals surface area contributed by atoms with E-state index in [1.165, 1.54) is 0 Å². The summed E-state index contributed by atoms with van der Waals surface area (Å²) in [5.41, 5.74) is 6.08. The molecule has 14 heavy (non-hydrogen) atoms. The smallest absolute Gasteiger partial charge is 0.224 e. The number of hydrogen-bond acceptors (Lipinski definition) is 3. The summed E-state index contributed by atoms with van der Waals surface area (Å²) in [6, 6.07) is 7.35. The summed E-state index contributed by atoms with van der Waals surface area (Å²) < 4.78 is 0. The van der Waals surface area contributed by atoms with Gasteiger partial charge in [0.1, 0.15) is 0 Å². The van der Waals surface area contributed by atoms with Crippen molar-refractivity contribution in [2.75, 3.05) is 11.9 Å². The SMILES string of the molecule is NCCCC(=O)Nc1cccc(S)c1. The number of rotatable bonds is 4. The molecule has 3 nitrogen and oxygen atoms in total. The summed E-state index contributed by atoms with van der Waals surface area (Å²) >= 11 is 4.18. The maximum atomic E-state index is 11.3. The van der Waals surface area contributed by atoms with Crippen molar-refractivity contribution in [2.45, 2.75) is 17.7 Å². The predicted octanol–water partition coefficient (Wildman–Crippen LogP) is 1.65. The number of amides is 1. The van der Waals surface area contributed by atoms with Crippen LogP contribution in [0.15, 0.2) is 29.2 Å². The Labute approximate surface area is 89.1 Å². The topological polar surface area (TPSA) is 55.1 Å². The van der Waals surface area contributed by atoms with Gasteiger partial charge < -0.3 is 11.1 Å². The van der Waals surface area contributed by atoms with Gasteiger partial charge in [-0.05, 0) is 31.2 Å². The lowest BCUT2D eigenvalue weighted by Gasteiger charge is -2.04. The Morgan fingerprint density at radius 3 is 2.93 bits per heavy atom. The molecule has 0 radical (unpaired) electrons. The maximum absolute atomic E-state index is 11.3. The first-order valence-electron chi connectivity index (χ1n) is 4.51. The minimum Gasteiger partial charge on any atom is -0.330 e. The highest BCUT2D eigenvalue weighted by Gasteiger charge is 2.00. The monoisotopic (exact) mass is 210 g/mol. The second kappa shape index (κ2) is 5.67. The van der Waals surface area contributed by atoms with E-state index in [4.69, 9.17) is 5.73 Å². The van der Waals surface area contributed by atoms with E-state index in [0.29, 0.717) is 19.4 Å². The first kappa shape index (κ1) is 11.1. The van der Waals surface area contributed by atoms with Crippen LogP contribution in [0, 0.1) is 0 Å². The number of benzene rings is 1. The van der Waals surface area contributed by atoms with E-state index < -0.39 is 0 Å². The quantitative estimate of drug-likeness (QED) is 0.662. The highest BCUT2D eigenvalue weighted by atomic mass is 32.1. The predicted molar refractivity (Wildman–Crippen MR) is 60.6 cm³/mol. The molecule has 1 rings (SSSR count). The van der Waals surface area contributed by atoms with Gasteiger partial charge in [0, 0.05) is 17.0 Å². The number of nitrogens with one attached hydrogen (secondary N) is 1. The molecule has 1 aromatic carbocycles. The van der Waals surface area contributed by atoms with Gasteiger partial charge in [-0.25, -0.2) is 0 Å². The van der Waals surface area contributed by atoms with Crippen molar-refractivity contribution < 1.29 is 4.79 Å². The lowest BCUT2D eigenvalue weighted by Crippen LogP contribution is -2.13. The number of nitrogens with two attached hydrogens (primary N) is 1. The van der Waals surface area contributed by atoms with Gasteiger partial charge in [-0.1, -0.05) is 6.07 Å². The van der Waals surface area contributed by atoms with Crippen LogP contribution in [0.1, 0.15) is 12.8 Å². The molecule has 0 aliphatic carbocycles. The molecule has 0 bridgehead atoms. The van der Waals surface area contributed by atoms with E-state index in [2.05, 4.69) is 17.9 Å². The lowest BCUT2D eigenvalue weighted by molar-refractivity contribution is -0.116. The molecule has 0 saturated carbocycles. The van der Waals surface area contributed by atoms with Crippen molar-refractivity contribution in [3.8, 4) is 0 Å². The molecule has 4 heteroatoms. The first-order chi connectivity index (χ1) is 6.72. The number of anilines is 1. The molecule has 0 aliphatic heterocycles. The second-order valence-corrected chi connectivity index (χ2v) is 3.51. The Balaban J connectivity index is 2.47. The van der Waals surface area contributed by atoms with E-state index in [9.17, 15) is 4.79 Å². The minimum absolute atomic E-state index is 0.00520. The standard InChI is InChI=1S/C10H14N2OS/c11-6-2-5-10(13)12-8-3-1-4-9(14)7-8/h1,3-4,7,14H,2,5-6,11H2,(H,12,13). The van der Waals surface area contributed by atoms with Crippen molar-refractivity contribution in [2.24, 2.45) is 5.73 Å². The second-order valence-electron chi connectivity index (χ2n) is 2.99. The van der Waals surface area contributed by atoms with Crippen molar-refractivity contribution in [1.29, 1.82) is 0 Å². The Kier molecular flexibility index (Phi) is 4.49. The molecule has 0 fully saturated rings. The molecule has 76 valence electrons. The van der Waals surface area contributed by atoms with Crippen LogP contribution in [0.4, 0.5) is 5.69 Å². The van der Waals surface area contributed by atoms with Crippen LogP contribution in [0.25, 0.3) is 0 Å². The molecular weight excluding hydrogens is 196 g/mol. The molecule has 0 spiro atoms. The molecule has 0 aliphatic rings. The van der Waals surface area contributed by atoms with Crippen LogP contribution >= 0.6 is 12.6 Å². The molecule has 0 unspecified atom stereocenters. The van der Waals surface area contributed by atoms with Gasteiger partial charge in [-0.15, -0.1) is 12.6 Å². The van der Waals surface area contributed by atoms with E-state index >= 15 is 0 Å². The van der Waals surface area contributed by atoms with Crippen LogP contribution in [0.2, 0.25) is 0 Å². The summed E-state index contributed by atoms with van der Waals surface area (Å²) in [6.45, 7) is 0.542. The largest absolute Gasteiger partial charge is 0.330 e. The number of thiol groups is 1. The fourth-order valence-electron chi connectivity index (χ4n) is 1.07. The van der Waals surface area contributed by atoms with Crippen molar-refractivity contribution in [3.63, 3.8) is 0 Å². The number of carbonyl (C=O) groups is 1. The van der Waals surface area contributed by atoms with E-state index in [-0.39, 0.29) is 5.91 Å². The third kappa shape index (κ3) is 3.81. The highest BCUT2D eigenvalue weighted by molar-refractivity contribution is 7.80. The number of carbonyl (C=O) groups excluding carboxylic acids is 1. The third-order valence-electron chi connectivity index (χ3n) is 1.74. The molecule has 1 amide bonds. The van der Waals surface area contributed by atoms with Crippen molar-refractivity contribution in [1.82, 2.24) is 0 Å². The summed E-state index contributed by atoms with van der Waals surface area (Å²) in [5.74, 6) is -0.00520. The summed E-state index contributed by atoms with van der Waals surface area (Å²) in [7, 11) is 0. The van der Waals surface area contributed by atoms with Gasteiger partial charge in [0.05, 0.1) is 0 Å². The molecule has 0 atom stereocenters. The third-order valence-corrected chi connectivity index (χ3v) is 2.02. The van der Waals surface area contributed by atoms with Gasteiger partial charge in [0.2, 0.25) is 5.91 Å². The first-order valence-corrected chi connectivity index (χ1v) is 4.96. The average molecular weight is 210 g/mol. The summed E-state index contributed by atoms with van der Waals surface area (Å²) in [4.78, 5) is 12.1. The Morgan fingerprint density at radius 1 is 1.50 bits per heavy atom. The van der Waals surface area contributed by atoms with Gasteiger partial charge >= 0.3 is 0 Å². The van der Waals surface area contributed by atoms with Gasteiger partial charge in [-0.3, -0.25) is 4.79 Å². The summed E-state index contributed by atoms with van der Waals surface area (Å²) in [5, 5.41) is 2.77. The van der Waals surface area contributed by atoms with Crippen LogP contribution < -0.4 is 11.1 Å². The molecule has 3 N–H and O–H groups in total. The zero-order chi connectivity index (χ0) is 10.4. The van der Waals surface area contributed by atoms with Gasteiger partial charge in [0.15, 0.2) is 0 Å². The van der Waals surface area contributed by atoms with Crippen molar-refractivity contribution >= 4 is 24.2 Å². The lowest BCUT2D eigenvalue weighted by atomic mass is 10.2. The Bertz CT molecular complexity index is 315. The van der Waals surface area contributed by atoms with E-state index in [0.717, 1.165) is 10.6 Å². The van der Waals surface area contributed by atoms with Gasteiger partial charge in [0.25, 0.3) is 0 Å². The number of hydrogen-bond donors (Lipinski definition) is 3. The fourth-order valence-corrected chi connectivity index (χ4v) is 1.29. The normalized spacial score (nSPS) is 9.86. The Hall–Kier alpha value is -1.00. The zero-order valence-corrected chi connectivity index (χ0v) is 8.76. The molecule has 1 aromatic rings. The Morgan fingerprint density at radius 2 is 2.29 bits per heavy atom. The molecule has 0 aromatic heterocycles. The zero-order valence-electron chi connectivity index (χ0n) is 7.86. The molecular formula is C10H14N2OS. The molecule has 0 heterocycles. The van der Waals surface area contributed by atoms with Crippen LogP contribution in [-0.2, 0) is 4.79 Å². The van der Waals surface area contributed by atoms with Crippen LogP contribution in [-0.4, -0.2) is 12.5 Å². The maximum Gasteiger partial charge on any atom is 0.224 e. The van der Waals surface area contributed by atoms with Gasteiger partial charge in [-0.2, -0.15) is 0 Å². The summed E-state index contributed by atoms with van der Waals surface area (Å²) in [6.07, 6.45) is 1.18. The highest BCUT2D eigenvalue weighted by Crippen LogP contribution is 2.13. The molecule has 0 saturated heterocycles. The fraction of sp³-hybridized carbons (Fsp3) is 0.300. The van der Waals surface area contributed by atoms with E-state index in [1.54, 1.807) is 0 Å². The van der Waals surface area contributed by atoms with Crippen LogP contribution in [0.3, 0.4) is 0 Å². The average Bonchev–Trinajstić information content (AvgIpc) is 2.15. The van der Waals surface area contributed by atoms with Crippen LogP contribution in [0.5, 0.6) is 0 Å². The van der Waals surface area contributed by atoms with E-state index in [1.807, 2.05) is 24.3 Å². The minimum atomic E-state index is -0.00520. The van der Waals surface area contributed by atoms with Crippen molar-refractivity contribution in [3.05, 3.63) is 24.3 Å².